The van der Waals surface area contributed by atoms with E-state index in [4.69, 9.17) is 9.72 Å². The van der Waals surface area contributed by atoms with E-state index in [1.165, 1.54) is 31.2 Å². The molecule has 3 heteroatoms. The second-order valence-electron chi connectivity index (χ2n) is 6.67. The fourth-order valence-electron chi connectivity index (χ4n) is 3.44. The first kappa shape index (κ1) is 15.9. The van der Waals surface area contributed by atoms with E-state index in [2.05, 4.69) is 35.2 Å². The Kier molecular flexibility index (Phi) is 4.82. The van der Waals surface area contributed by atoms with Crippen LogP contribution in [-0.4, -0.2) is 18.1 Å². The Balaban J connectivity index is 1.61. The minimum atomic E-state index is 0.565. The molecular formula is C22H24N2O. The summed E-state index contributed by atoms with van der Waals surface area (Å²) < 4.78 is 6.09. The van der Waals surface area contributed by atoms with Crippen molar-refractivity contribution in [3.8, 4) is 5.75 Å². The van der Waals surface area contributed by atoms with Crippen LogP contribution in [0.15, 0.2) is 60.7 Å². The smallest absolute Gasteiger partial charge is 0.146 e. The van der Waals surface area contributed by atoms with Crippen LogP contribution in [0.2, 0.25) is 0 Å². The summed E-state index contributed by atoms with van der Waals surface area (Å²) >= 11 is 0. The summed E-state index contributed by atoms with van der Waals surface area (Å²) in [6, 6.07) is 20.7. The highest BCUT2D eigenvalue weighted by Crippen LogP contribution is 2.28. The highest BCUT2D eigenvalue weighted by Gasteiger charge is 2.13. The highest BCUT2D eigenvalue weighted by atomic mass is 16.5. The van der Waals surface area contributed by atoms with Crippen molar-refractivity contribution in [2.45, 2.75) is 32.3 Å². The first-order valence-corrected chi connectivity index (χ1v) is 9.22. The largest absolute Gasteiger partial charge is 0.487 e. The normalized spacial score (nSPS) is 15.1. The maximum atomic E-state index is 6.09. The number of rotatable bonds is 4. The van der Waals surface area contributed by atoms with Crippen LogP contribution in [0.4, 0.5) is 5.82 Å². The Hall–Kier alpha value is -2.55. The molecule has 25 heavy (non-hydrogen) atoms. The molecule has 3 aromatic rings. The molecule has 3 nitrogen and oxygen atoms in total. The van der Waals surface area contributed by atoms with Gasteiger partial charge in [0.25, 0.3) is 0 Å². The molecule has 0 saturated carbocycles. The van der Waals surface area contributed by atoms with Gasteiger partial charge in [0.1, 0.15) is 23.7 Å². The van der Waals surface area contributed by atoms with Crippen molar-refractivity contribution >= 4 is 16.7 Å². The lowest BCUT2D eigenvalue weighted by Gasteiger charge is -2.22. The zero-order valence-electron chi connectivity index (χ0n) is 14.5. The molecule has 0 aliphatic carbocycles. The van der Waals surface area contributed by atoms with Crippen molar-refractivity contribution in [3.05, 3.63) is 66.2 Å². The molecule has 1 aromatic heterocycles. The van der Waals surface area contributed by atoms with Gasteiger partial charge in [0, 0.05) is 18.5 Å². The monoisotopic (exact) mass is 332 g/mol. The topological polar surface area (TPSA) is 25.4 Å². The van der Waals surface area contributed by atoms with E-state index in [1.807, 2.05) is 30.3 Å². The lowest BCUT2D eigenvalue weighted by molar-refractivity contribution is 0.309. The Morgan fingerprint density at radius 2 is 1.60 bits per heavy atom. The Morgan fingerprint density at radius 3 is 2.40 bits per heavy atom. The molecule has 2 heterocycles. The number of anilines is 1. The molecule has 4 rings (SSSR count). The number of aromatic nitrogens is 1. The minimum Gasteiger partial charge on any atom is -0.487 e. The lowest BCUT2D eigenvalue weighted by atomic mass is 10.2. The molecule has 1 saturated heterocycles. The van der Waals surface area contributed by atoms with Crippen LogP contribution < -0.4 is 9.64 Å². The van der Waals surface area contributed by atoms with Crippen LogP contribution in [0, 0.1) is 0 Å². The Labute approximate surface area is 149 Å². The molecule has 0 N–H and O–H groups in total. The Morgan fingerprint density at radius 1 is 0.800 bits per heavy atom. The molecule has 1 aliphatic rings. The van der Waals surface area contributed by atoms with E-state index in [-0.39, 0.29) is 0 Å². The fourth-order valence-corrected chi connectivity index (χ4v) is 3.44. The van der Waals surface area contributed by atoms with Crippen LogP contribution in [-0.2, 0) is 6.61 Å². The van der Waals surface area contributed by atoms with Gasteiger partial charge in [-0.1, -0.05) is 55.3 Å². The van der Waals surface area contributed by atoms with Gasteiger partial charge in [-0.15, -0.1) is 0 Å². The van der Waals surface area contributed by atoms with E-state index in [1.54, 1.807) is 0 Å². The molecule has 0 spiro atoms. The van der Waals surface area contributed by atoms with E-state index < -0.39 is 0 Å². The number of benzene rings is 2. The number of fused-ring (bicyclic) bond motifs is 1. The number of para-hydroxylation sites is 1. The molecule has 0 radical (unpaired) electrons. The summed E-state index contributed by atoms with van der Waals surface area (Å²) in [5.41, 5.74) is 2.13. The molecule has 128 valence electrons. The van der Waals surface area contributed by atoms with E-state index in [0.717, 1.165) is 35.6 Å². The van der Waals surface area contributed by atoms with Gasteiger partial charge in [-0.3, -0.25) is 0 Å². The average molecular weight is 332 g/mol. The molecule has 2 aromatic carbocycles. The quantitative estimate of drug-likeness (QED) is 0.657. The van der Waals surface area contributed by atoms with Crippen LogP contribution in [0.1, 0.15) is 31.2 Å². The van der Waals surface area contributed by atoms with Crippen LogP contribution >= 0.6 is 0 Å². The SMILES string of the molecule is c1ccc(COc2cccc3ccc(N4CCCCCC4)nc23)cc1. The standard InChI is InChI=1S/C22H24N2O/c1-2-7-16-24(15-6-1)21-14-13-19-11-8-12-20(22(19)23-21)25-17-18-9-4-3-5-10-18/h3-5,8-14H,1-2,6-7,15-17H2. The average Bonchev–Trinajstić information content (AvgIpc) is 2.96. The summed E-state index contributed by atoms with van der Waals surface area (Å²) in [6.07, 6.45) is 5.17. The van der Waals surface area contributed by atoms with Crippen molar-refractivity contribution in [2.75, 3.05) is 18.0 Å². The zero-order chi connectivity index (χ0) is 16.9. The van der Waals surface area contributed by atoms with E-state index >= 15 is 0 Å². The summed E-state index contributed by atoms with van der Waals surface area (Å²) in [7, 11) is 0. The van der Waals surface area contributed by atoms with Crippen molar-refractivity contribution in [1.29, 1.82) is 0 Å². The van der Waals surface area contributed by atoms with Gasteiger partial charge in [0.15, 0.2) is 0 Å². The van der Waals surface area contributed by atoms with Gasteiger partial charge >= 0.3 is 0 Å². The van der Waals surface area contributed by atoms with Gasteiger partial charge in [-0.25, -0.2) is 4.98 Å². The Bertz CT molecular complexity index is 824. The predicted octanol–water partition coefficient (Wildman–Crippen LogP) is 5.19. The predicted molar refractivity (Wildman–Crippen MR) is 103 cm³/mol. The van der Waals surface area contributed by atoms with Gasteiger partial charge in [-0.05, 0) is 36.6 Å². The number of nitrogens with zero attached hydrogens (tertiary/aromatic N) is 2. The van der Waals surface area contributed by atoms with Gasteiger partial charge < -0.3 is 9.64 Å². The van der Waals surface area contributed by atoms with Gasteiger partial charge in [0.2, 0.25) is 0 Å². The maximum Gasteiger partial charge on any atom is 0.146 e. The minimum absolute atomic E-state index is 0.565. The number of hydrogen-bond acceptors (Lipinski definition) is 3. The van der Waals surface area contributed by atoms with Crippen LogP contribution in [0.3, 0.4) is 0 Å². The summed E-state index contributed by atoms with van der Waals surface area (Å²) in [6.45, 7) is 2.77. The third kappa shape index (κ3) is 3.76. The maximum absolute atomic E-state index is 6.09. The van der Waals surface area contributed by atoms with Crippen molar-refractivity contribution in [3.63, 3.8) is 0 Å². The van der Waals surface area contributed by atoms with Crippen LogP contribution in [0.25, 0.3) is 10.9 Å². The number of hydrogen-bond donors (Lipinski definition) is 0. The number of ether oxygens (including phenoxy) is 1. The molecular weight excluding hydrogens is 308 g/mol. The molecule has 0 unspecified atom stereocenters. The lowest BCUT2D eigenvalue weighted by Crippen LogP contribution is -2.24. The summed E-state index contributed by atoms with van der Waals surface area (Å²) in [5.74, 6) is 1.93. The van der Waals surface area contributed by atoms with Gasteiger partial charge in [0.05, 0.1) is 0 Å². The first-order chi connectivity index (χ1) is 12.4. The summed E-state index contributed by atoms with van der Waals surface area (Å²) in [4.78, 5) is 7.37. The number of pyridine rings is 1. The fraction of sp³-hybridized carbons (Fsp3) is 0.318. The third-order valence-electron chi connectivity index (χ3n) is 4.84. The van der Waals surface area contributed by atoms with Gasteiger partial charge in [-0.2, -0.15) is 0 Å². The molecule has 0 bridgehead atoms. The van der Waals surface area contributed by atoms with Crippen LogP contribution in [0.5, 0.6) is 5.75 Å². The van der Waals surface area contributed by atoms with Crippen molar-refractivity contribution in [1.82, 2.24) is 4.98 Å². The zero-order valence-corrected chi connectivity index (χ0v) is 14.5. The molecule has 1 fully saturated rings. The molecule has 0 amide bonds. The van der Waals surface area contributed by atoms with E-state index in [9.17, 15) is 0 Å². The van der Waals surface area contributed by atoms with Crippen molar-refractivity contribution < 1.29 is 4.74 Å². The molecule has 1 aliphatic heterocycles. The second-order valence-corrected chi connectivity index (χ2v) is 6.67. The molecule has 0 atom stereocenters. The second kappa shape index (κ2) is 7.56. The highest BCUT2D eigenvalue weighted by molar-refractivity contribution is 5.86. The third-order valence-corrected chi connectivity index (χ3v) is 4.84. The van der Waals surface area contributed by atoms with E-state index in [0.29, 0.717) is 6.61 Å². The first-order valence-electron chi connectivity index (χ1n) is 9.22. The summed E-state index contributed by atoms with van der Waals surface area (Å²) in [5, 5.41) is 1.13. The van der Waals surface area contributed by atoms with Crippen molar-refractivity contribution in [2.24, 2.45) is 0 Å².